The number of rotatable bonds is 5. The zero-order valence-corrected chi connectivity index (χ0v) is 10.5. The first kappa shape index (κ1) is 14.4. The lowest BCUT2D eigenvalue weighted by Gasteiger charge is -2.21. The normalized spacial score (nSPS) is 11.4. The highest BCUT2D eigenvalue weighted by molar-refractivity contribution is 5.97. The van der Waals surface area contributed by atoms with Crippen molar-refractivity contribution < 1.29 is 14.8 Å². The molecule has 7 nitrogen and oxygen atoms in total. The summed E-state index contributed by atoms with van der Waals surface area (Å²) in [6.07, 6.45) is 0. The minimum absolute atomic E-state index is 0.0158. The summed E-state index contributed by atoms with van der Waals surface area (Å²) in [5.74, 6) is -1.61. The summed E-state index contributed by atoms with van der Waals surface area (Å²) in [7, 11) is 1.53. The van der Waals surface area contributed by atoms with Crippen LogP contribution >= 0.6 is 0 Å². The molecule has 1 N–H and O–H groups in total. The van der Waals surface area contributed by atoms with Crippen molar-refractivity contribution in [3.63, 3.8) is 0 Å². The van der Waals surface area contributed by atoms with Gasteiger partial charge in [0.1, 0.15) is 5.69 Å². The fourth-order valence-electron chi connectivity index (χ4n) is 1.80. The second-order valence-corrected chi connectivity index (χ2v) is 4.15. The molecule has 1 rings (SSSR count). The van der Waals surface area contributed by atoms with E-state index in [1.54, 1.807) is 6.92 Å². The van der Waals surface area contributed by atoms with Gasteiger partial charge in [0.05, 0.1) is 22.5 Å². The van der Waals surface area contributed by atoms with Gasteiger partial charge in [-0.05, 0) is 13.0 Å². The number of anilines is 1. The van der Waals surface area contributed by atoms with Crippen LogP contribution in [-0.4, -0.2) is 29.6 Å². The molecule has 0 fully saturated rings. The molecule has 0 saturated carbocycles. The summed E-state index contributed by atoms with van der Waals surface area (Å²) in [5, 5.41) is 28.8. The third-order valence-corrected chi connectivity index (χ3v) is 2.59. The topological polar surface area (TPSA) is 107 Å². The van der Waals surface area contributed by atoms with E-state index in [2.05, 4.69) is 0 Å². The van der Waals surface area contributed by atoms with Crippen LogP contribution in [0.3, 0.4) is 0 Å². The van der Waals surface area contributed by atoms with Crippen molar-refractivity contribution in [2.75, 3.05) is 18.5 Å². The lowest BCUT2D eigenvalue weighted by Crippen LogP contribution is -2.26. The Bertz CT molecular complexity index is 518. The molecule has 1 aromatic carbocycles. The van der Waals surface area contributed by atoms with Gasteiger partial charge in [-0.3, -0.25) is 10.1 Å². The highest BCUT2D eigenvalue weighted by Crippen LogP contribution is 2.31. The molecule has 0 saturated heterocycles. The third kappa shape index (κ3) is 3.19. The zero-order valence-electron chi connectivity index (χ0n) is 10.5. The molecule has 1 atom stereocenters. The molecule has 1 unspecified atom stereocenters. The van der Waals surface area contributed by atoms with Crippen molar-refractivity contribution in [3.05, 3.63) is 33.9 Å². The maximum atomic E-state index is 11.1. The molecular weight excluding hydrogens is 250 g/mol. The largest absolute Gasteiger partial charge is 0.478 e. The maximum Gasteiger partial charge on any atom is 0.338 e. The van der Waals surface area contributed by atoms with Gasteiger partial charge in [0.15, 0.2) is 0 Å². The minimum atomic E-state index is -1.24. The van der Waals surface area contributed by atoms with Crippen molar-refractivity contribution in [1.82, 2.24) is 0 Å². The summed E-state index contributed by atoms with van der Waals surface area (Å²) >= 11 is 0. The number of nitrogens with zero attached hydrogens (tertiary/aromatic N) is 3. The van der Waals surface area contributed by atoms with Crippen LogP contribution in [0.5, 0.6) is 0 Å². The monoisotopic (exact) mass is 263 g/mol. The van der Waals surface area contributed by atoms with Crippen LogP contribution in [0.1, 0.15) is 17.3 Å². The number of hydrogen-bond donors (Lipinski definition) is 1. The Hall–Kier alpha value is -2.62. The Morgan fingerprint density at radius 2 is 2.26 bits per heavy atom. The molecular formula is C12H13N3O4. The van der Waals surface area contributed by atoms with Gasteiger partial charge in [0, 0.05) is 19.7 Å². The highest BCUT2D eigenvalue weighted by atomic mass is 16.6. The van der Waals surface area contributed by atoms with Gasteiger partial charge in [-0.25, -0.2) is 4.79 Å². The lowest BCUT2D eigenvalue weighted by molar-refractivity contribution is -0.384. The molecule has 0 spiro atoms. The quantitative estimate of drug-likeness (QED) is 0.642. The molecule has 0 heterocycles. The fourth-order valence-corrected chi connectivity index (χ4v) is 1.80. The Morgan fingerprint density at radius 1 is 1.63 bits per heavy atom. The van der Waals surface area contributed by atoms with Crippen molar-refractivity contribution in [2.24, 2.45) is 5.92 Å². The number of hydrogen-bond acceptors (Lipinski definition) is 5. The Morgan fingerprint density at radius 3 is 2.74 bits per heavy atom. The predicted molar refractivity (Wildman–Crippen MR) is 68.1 cm³/mol. The van der Waals surface area contributed by atoms with Gasteiger partial charge in [0.2, 0.25) is 0 Å². The smallest absolute Gasteiger partial charge is 0.338 e. The van der Waals surface area contributed by atoms with Crippen LogP contribution in [0.15, 0.2) is 18.2 Å². The average Bonchev–Trinajstić information content (AvgIpc) is 2.37. The van der Waals surface area contributed by atoms with Gasteiger partial charge in [0.25, 0.3) is 5.69 Å². The van der Waals surface area contributed by atoms with Gasteiger partial charge in [-0.2, -0.15) is 5.26 Å². The number of carboxylic acid groups (broad SMARTS) is 1. The van der Waals surface area contributed by atoms with Gasteiger partial charge < -0.3 is 10.0 Å². The van der Waals surface area contributed by atoms with Crippen molar-refractivity contribution >= 4 is 17.3 Å². The average molecular weight is 263 g/mol. The SMILES string of the molecule is CC(C#N)CN(C)c1c(C(=O)O)cccc1[N+](=O)[O-]. The predicted octanol–water partition coefficient (Wildman–Crippen LogP) is 1.89. The van der Waals surface area contributed by atoms with Crippen LogP contribution in [0.2, 0.25) is 0 Å². The number of nitro benzene ring substituents is 1. The van der Waals surface area contributed by atoms with Crippen LogP contribution in [0, 0.1) is 27.4 Å². The van der Waals surface area contributed by atoms with Crippen molar-refractivity contribution in [3.8, 4) is 6.07 Å². The Labute approximate surface area is 109 Å². The summed E-state index contributed by atoms with van der Waals surface area (Å²) in [6.45, 7) is 1.87. The summed E-state index contributed by atoms with van der Waals surface area (Å²) < 4.78 is 0. The summed E-state index contributed by atoms with van der Waals surface area (Å²) in [5.41, 5.74) is -0.420. The van der Waals surface area contributed by atoms with E-state index in [1.807, 2.05) is 6.07 Å². The first-order valence-electron chi connectivity index (χ1n) is 5.50. The molecule has 0 bridgehead atoms. The Balaban J connectivity index is 3.33. The molecule has 0 aliphatic rings. The second-order valence-electron chi connectivity index (χ2n) is 4.15. The van der Waals surface area contributed by atoms with E-state index < -0.39 is 10.9 Å². The first-order valence-corrected chi connectivity index (χ1v) is 5.50. The molecule has 0 aliphatic carbocycles. The molecule has 0 aromatic heterocycles. The standard InChI is InChI=1S/C12H13N3O4/c1-8(6-13)7-14(2)11-9(12(16)17)4-3-5-10(11)15(18)19/h3-5,8H,7H2,1-2H3,(H,16,17). The second kappa shape index (κ2) is 5.82. The molecule has 100 valence electrons. The molecule has 7 heteroatoms. The number of benzene rings is 1. The van der Waals surface area contributed by atoms with E-state index in [1.165, 1.54) is 30.1 Å². The third-order valence-electron chi connectivity index (χ3n) is 2.59. The highest BCUT2D eigenvalue weighted by Gasteiger charge is 2.25. The number of para-hydroxylation sites is 1. The van der Waals surface area contributed by atoms with Gasteiger partial charge in [-0.1, -0.05) is 6.07 Å². The first-order chi connectivity index (χ1) is 8.88. The van der Waals surface area contributed by atoms with Crippen LogP contribution in [0.25, 0.3) is 0 Å². The van der Waals surface area contributed by atoms with Crippen LogP contribution in [0.4, 0.5) is 11.4 Å². The van der Waals surface area contributed by atoms with Crippen molar-refractivity contribution in [2.45, 2.75) is 6.92 Å². The van der Waals surface area contributed by atoms with E-state index in [0.717, 1.165) is 0 Å². The number of carboxylic acids is 1. The van der Waals surface area contributed by atoms with E-state index in [9.17, 15) is 14.9 Å². The molecule has 1 aromatic rings. The van der Waals surface area contributed by atoms with Crippen LogP contribution < -0.4 is 4.90 Å². The maximum absolute atomic E-state index is 11.1. The molecule has 0 radical (unpaired) electrons. The van der Waals surface area contributed by atoms with Crippen LogP contribution in [-0.2, 0) is 0 Å². The summed E-state index contributed by atoms with van der Waals surface area (Å²) in [4.78, 5) is 22.9. The lowest BCUT2D eigenvalue weighted by atomic mass is 10.1. The van der Waals surface area contributed by atoms with E-state index in [4.69, 9.17) is 10.4 Å². The van der Waals surface area contributed by atoms with Gasteiger partial charge in [-0.15, -0.1) is 0 Å². The molecule has 0 amide bonds. The molecule has 19 heavy (non-hydrogen) atoms. The van der Waals surface area contributed by atoms with E-state index in [0.29, 0.717) is 0 Å². The van der Waals surface area contributed by atoms with Gasteiger partial charge >= 0.3 is 5.97 Å². The van der Waals surface area contributed by atoms with Crippen molar-refractivity contribution in [1.29, 1.82) is 5.26 Å². The number of carbonyl (C=O) groups is 1. The van der Waals surface area contributed by atoms with E-state index >= 15 is 0 Å². The Kier molecular flexibility index (Phi) is 4.42. The fraction of sp³-hybridized carbons (Fsp3) is 0.333. The number of nitro groups is 1. The zero-order chi connectivity index (χ0) is 14.6. The van der Waals surface area contributed by atoms with E-state index in [-0.39, 0.29) is 29.4 Å². The minimum Gasteiger partial charge on any atom is -0.478 e. The summed E-state index contributed by atoms with van der Waals surface area (Å²) in [6, 6.07) is 5.88. The number of aromatic carboxylic acids is 1. The number of nitriles is 1. The molecule has 0 aliphatic heterocycles.